The fourth-order valence-electron chi connectivity index (χ4n) is 2.78. The number of aromatic amines is 1. The van der Waals surface area contributed by atoms with Crippen LogP contribution in [0, 0.1) is 0 Å². The predicted octanol–water partition coefficient (Wildman–Crippen LogP) is 1.94. The highest BCUT2D eigenvalue weighted by Crippen LogP contribution is 2.30. The van der Waals surface area contributed by atoms with E-state index in [4.69, 9.17) is 0 Å². The number of aromatic nitrogens is 1. The summed E-state index contributed by atoms with van der Waals surface area (Å²) in [5.41, 5.74) is 1.14. The van der Waals surface area contributed by atoms with Crippen molar-refractivity contribution in [3.05, 3.63) is 24.0 Å². The molecule has 1 aliphatic carbocycles. The molecule has 1 heterocycles. The molecule has 1 aromatic heterocycles. The minimum Gasteiger partial charge on any atom is -0.367 e. The average molecular weight is 249 g/mol. The van der Waals surface area contributed by atoms with Crippen LogP contribution < -0.4 is 10.6 Å². The van der Waals surface area contributed by atoms with Gasteiger partial charge in [0.15, 0.2) is 0 Å². The molecule has 4 heteroatoms. The van der Waals surface area contributed by atoms with E-state index in [9.17, 15) is 4.79 Å². The van der Waals surface area contributed by atoms with E-state index < -0.39 is 0 Å². The standard InChI is InChI=1S/C14H23N3O/c1-15-14(6-3-2-4-7-14)9-13(18)17-11-12-5-8-16-10-12/h5,8,10,15-16H,2-4,6-7,9,11H2,1H3,(H,17,18). The van der Waals surface area contributed by atoms with Crippen LogP contribution in [0.2, 0.25) is 0 Å². The van der Waals surface area contributed by atoms with Crippen molar-refractivity contribution in [2.24, 2.45) is 0 Å². The fraction of sp³-hybridized carbons (Fsp3) is 0.643. The molecule has 0 bridgehead atoms. The van der Waals surface area contributed by atoms with Gasteiger partial charge in [-0.05, 0) is 31.5 Å². The van der Waals surface area contributed by atoms with Gasteiger partial charge in [0, 0.05) is 30.9 Å². The molecular formula is C14H23N3O. The van der Waals surface area contributed by atoms with E-state index in [0.717, 1.165) is 18.4 Å². The predicted molar refractivity (Wildman–Crippen MR) is 72.1 cm³/mol. The molecule has 1 aromatic rings. The van der Waals surface area contributed by atoms with Crippen LogP contribution in [0.25, 0.3) is 0 Å². The van der Waals surface area contributed by atoms with Crippen LogP contribution in [0.15, 0.2) is 18.5 Å². The molecule has 0 aliphatic heterocycles. The molecular weight excluding hydrogens is 226 g/mol. The summed E-state index contributed by atoms with van der Waals surface area (Å²) in [6, 6.07) is 1.98. The van der Waals surface area contributed by atoms with Gasteiger partial charge in [-0.15, -0.1) is 0 Å². The summed E-state index contributed by atoms with van der Waals surface area (Å²) >= 11 is 0. The third kappa shape index (κ3) is 3.35. The first-order valence-corrected chi connectivity index (χ1v) is 6.81. The van der Waals surface area contributed by atoms with E-state index in [1.807, 2.05) is 25.5 Å². The van der Waals surface area contributed by atoms with Crippen molar-refractivity contribution in [3.8, 4) is 0 Å². The normalized spacial score (nSPS) is 18.5. The lowest BCUT2D eigenvalue weighted by Gasteiger charge is -2.36. The average Bonchev–Trinajstić information content (AvgIpc) is 2.91. The second-order valence-corrected chi connectivity index (χ2v) is 5.26. The maximum absolute atomic E-state index is 12.0. The van der Waals surface area contributed by atoms with Crippen LogP contribution in [-0.2, 0) is 11.3 Å². The zero-order valence-electron chi connectivity index (χ0n) is 11.1. The quantitative estimate of drug-likeness (QED) is 0.747. The van der Waals surface area contributed by atoms with Crippen LogP contribution in [-0.4, -0.2) is 23.5 Å². The van der Waals surface area contributed by atoms with Crippen LogP contribution in [0.3, 0.4) is 0 Å². The van der Waals surface area contributed by atoms with Crippen molar-refractivity contribution in [2.45, 2.75) is 50.6 Å². The molecule has 1 fully saturated rings. The van der Waals surface area contributed by atoms with Gasteiger partial charge in [0.05, 0.1) is 0 Å². The zero-order chi connectivity index (χ0) is 12.8. The van der Waals surface area contributed by atoms with Gasteiger partial charge in [0.2, 0.25) is 5.91 Å². The van der Waals surface area contributed by atoms with E-state index in [2.05, 4.69) is 15.6 Å². The van der Waals surface area contributed by atoms with Crippen molar-refractivity contribution in [3.63, 3.8) is 0 Å². The van der Waals surface area contributed by atoms with Gasteiger partial charge < -0.3 is 15.6 Å². The number of nitrogens with one attached hydrogen (secondary N) is 3. The molecule has 18 heavy (non-hydrogen) atoms. The Morgan fingerprint density at radius 2 is 2.17 bits per heavy atom. The van der Waals surface area contributed by atoms with Crippen molar-refractivity contribution >= 4 is 5.91 Å². The first kappa shape index (κ1) is 13.1. The van der Waals surface area contributed by atoms with Gasteiger partial charge in [0.25, 0.3) is 0 Å². The Bertz CT molecular complexity index is 366. The lowest BCUT2D eigenvalue weighted by Crippen LogP contribution is -2.48. The molecule has 4 nitrogen and oxygen atoms in total. The highest BCUT2D eigenvalue weighted by Gasteiger charge is 2.32. The van der Waals surface area contributed by atoms with Crippen LogP contribution in [0.4, 0.5) is 0 Å². The van der Waals surface area contributed by atoms with E-state index in [1.165, 1.54) is 19.3 Å². The van der Waals surface area contributed by atoms with E-state index >= 15 is 0 Å². The Balaban J connectivity index is 1.81. The first-order valence-electron chi connectivity index (χ1n) is 6.81. The minimum atomic E-state index is 0.0283. The van der Waals surface area contributed by atoms with Gasteiger partial charge in [0.1, 0.15) is 0 Å². The number of hydrogen-bond donors (Lipinski definition) is 3. The maximum Gasteiger partial charge on any atom is 0.222 e. The number of H-pyrrole nitrogens is 1. The lowest BCUT2D eigenvalue weighted by molar-refractivity contribution is -0.123. The number of amides is 1. The summed E-state index contributed by atoms with van der Waals surface area (Å²) in [5.74, 6) is 0.146. The van der Waals surface area contributed by atoms with E-state index in [1.54, 1.807) is 0 Å². The molecule has 0 spiro atoms. The van der Waals surface area contributed by atoms with Gasteiger partial charge in [-0.25, -0.2) is 0 Å². The lowest BCUT2D eigenvalue weighted by atomic mass is 9.79. The summed E-state index contributed by atoms with van der Waals surface area (Å²) < 4.78 is 0. The van der Waals surface area contributed by atoms with Crippen LogP contribution in [0.1, 0.15) is 44.1 Å². The van der Waals surface area contributed by atoms with Crippen molar-refractivity contribution in [1.29, 1.82) is 0 Å². The van der Waals surface area contributed by atoms with Crippen molar-refractivity contribution in [2.75, 3.05) is 7.05 Å². The number of carbonyl (C=O) groups is 1. The molecule has 3 N–H and O–H groups in total. The third-order valence-electron chi connectivity index (χ3n) is 3.99. The Morgan fingerprint density at radius 1 is 1.39 bits per heavy atom. The van der Waals surface area contributed by atoms with E-state index in [0.29, 0.717) is 13.0 Å². The van der Waals surface area contributed by atoms with Gasteiger partial charge in [-0.1, -0.05) is 19.3 Å². The molecule has 2 rings (SSSR count). The Hall–Kier alpha value is -1.29. The SMILES string of the molecule is CNC1(CC(=O)NCc2cc[nH]c2)CCCCC1. The first-order chi connectivity index (χ1) is 8.74. The molecule has 1 amide bonds. The summed E-state index contributed by atoms with van der Waals surface area (Å²) in [4.78, 5) is 15.0. The zero-order valence-corrected chi connectivity index (χ0v) is 11.1. The molecule has 0 unspecified atom stereocenters. The minimum absolute atomic E-state index is 0.0283. The molecule has 0 atom stereocenters. The van der Waals surface area contributed by atoms with Crippen molar-refractivity contribution in [1.82, 2.24) is 15.6 Å². The van der Waals surface area contributed by atoms with E-state index in [-0.39, 0.29) is 11.4 Å². The summed E-state index contributed by atoms with van der Waals surface area (Å²) in [7, 11) is 1.98. The third-order valence-corrected chi connectivity index (χ3v) is 3.99. The van der Waals surface area contributed by atoms with Gasteiger partial charge >= 0.3 is 0 Å². The molecule has 0 saturated heterocycles. The fourth-order valence-corrected chi connectivity index (χ4v) is 2.78. The Morgan fingerprint density at radius 3 is 2.78 bits per heavy atom. The molecule has 0 aromatic carbocycles. The number of rotatable bonds is 5. The Kier molecular flexibility index (Phi) is 4.42. The van der Waals surface area contributed by atoms with Crippen molar-refractivity contribution < 1.29 is 4.79 Å². The smallest absolute Gasteiger partial charge is 0.222 e. The van der Waals surface area contributed by atoms with Gasteiger partial charge in [-0.2, -0.15) is 0 Å². The molecule has 0 radical (unpaired) electrons. The summed E-state index contributed by atoms with van der Waals surface area (Å²) in [6.07, 6.45) is 10.4. The topological polar surface area (TPSA) is 56.9 Å². The number of carbonyl (C=O) groups excluding carboxylic acids is 1. The highest BCUT2D eigenvalue weighted by molar-refractivity contribution is 5.77. The maximum atomic E-state index is 12.0. The molecule has 1 saturated carbocycles. The largest absolute Gasteiger partial charge is 0.367 e. The summed E-state index contributed by atoms with van der Waals surface area (Å²) in [6.45, 7) is 0.613. The second-order valence-electron chi connectivity index (χ2n) is 5.26. The van der Waals surface area contributed by atoms with Crippen LogP contribution >= 0.6 is 0 Å². The monoisotopic (exact) mass is 249 g/mol. The second kappa shape index (κ2) is 6.05. The van der Waals surface area contributed by atoms with Gasteiger partial charge in [-0.3, -0.25) is 4.79 Å². The molecule has 100 valence electrons. The molecule has 1 aliphatic rings. The Labute approximate surface area is 109 Å². The highest BCUT2D eigenvalue weighted by atomic mass is 16.1. The number of hydrogen-bond acceptors (Lipinski definition) is 2. The summed E-state index contributed by atoms with van der Waals surface area (Å²) in [5, 5.41) is 6.37. The van der Waals surface area contributed by atoms with Crippen LogP contribution in [0.5, 0.6) is 0 Å².